The van der Waals surface area contributed by atoms with Gasteiger partial charge in [-0.15, -0.1) is 0 Å². The minimum absolute atomic E-state index is 0.0308. The number of hydrogen-bond donors (Lipinski definition) is 0. The summed E-state index contributed by atoms with van der Waals surface area (Å²) < 4.78 is 28.0. The Morgan fingerprint density at radius 2 is 1.74 bits per heavy atom. The van der Waals surface area contributed by atoms with Crippen molar-refractivity contribution in [2.75, 3.05) is 31.1 Å². The number of fused-ring (bicyclic) bond motifs is 1. The standard InChI is InChI=1S/C23H33N3O4S/c1-16-5-4-10-24(15-16)23(28)19-8-11-25(12-9-19)31(29,30)21-6-7-22-20(14-21)13-17(2)26(22)18(3)27/h6-7,14,16-17,19H,4-5,8-13,15H2,1-3H3/t16-,17+/m1/s1. The third kappa shape index (κ3) is 4.24. The van der Waals surface area contributed by atoms with Gasteiger partial charge in [-0.2, -0.15) is 4.31 Å². The molecular formula is C23H33N3O4S. The number of piperidine rings is 2. The van der Waals surface area contributed by atoms with E-state index in [4.69, 9.17) is 0 Å². The second-order valence-corrected chi connectivity index (χ2v) is 11.4. The van der Waals surface area contributed by atoms with Gasteiger partial charge in [-0.05, 0) is 68.7 Å². The number of benzene rings is 1. The monoisotopic (exact) mass is 447 g/mol. The second kappa shape index (κ2) is 8.54. The van der Waals surface area contributed by atoms with Gasteiger partial charge in [-0.25, -0.2) is 8.42 Å². The van der Waals surface area contributed by atoms with Crippen molar-refractivity contribution in [1.29, 1.82) is 0 Å². The summed E-state index contributed by atoms with van der Waals surface area (Å²) in [5.41, 5.74) is 1.70. The predicted molar refractivity (Wildman–Crippen MR) is 119 cm³/mol. The summed E-state index contributed by atoms with van der Waals surface area (Å²) >= 11 is 0. The lowest BCUT2D eigenvalue weighted by atomic mass is 9.93. The van der Waals surface area contributed by atoms with Gasteiger partial charge in [-0.1, -0.05) is 6.92 Å². The van der Waals surface area contributed by atoms with E-state index < -0.39 is 10.0 Å². The molecule has 2 amide bonds. The number of anilines is 1. The number of sulfonamides is 1. The first kappa shape index (κ1) is 22.3. The molecule has 31 heavy (non-hydrogen) atoms. The van der Waals surface area contributed by atoms with Gasteiger partial charge in [0.1, 0.15) is 0 Å². The molecule has 0 saturated carbocycles. The molecule has 0 unspecified atom stereocenters. The van der Waals surface area contributed by atoms with Crippen molar-refractivity contribution in [1.82, 2.24) is 9.21 Å². The Kier molecular flexibility index (Phi) is 6.14. The van der Waals surface area contributed by atoms with Gasteiger partial charge >= 0.3 is 0 Å². The minimum atomic E-state index is -3.62. The zero-order valence-corrected chi connectivity index (χ0v) is 19.5. The number of hydrogen-bond acceptors (Lipinski definition) is 4. The van der Waals surface area contributed by atoms with E-state index in [2.05, 4.69) is 6.92 Å². The summed E-state index contributed by atoms with van der Waals surface area (Å²) in [4.78, 5) is 28.8. The fourth-order valence-electron chi connectivity index (χ4n) is 5.39. The van der Waals surface area contributed by atoms with Crippen molar-refractivity contribution in [3.05, 3.63) is 23.8 Å². The van der Waals surface area contributed by atoms with E-state index >= 15 is 0 Å². The molecule has 0 aromatic heterocycles. The maximum Gasteiger partial charge on any atom is 0.243 e. The van der Waals surface area contributed by atoms with E-state index in [1.165, 1.54) is 17.6 Å². The molecule has 0 bridgehead atoms. The Balaban J connectivity index is 1.43. The lowest BCUT2D eigenvalue weighted by Gasteiger charge is -2.36. The Bertz CT molecular complexity index is 969. The number of amides is 2. The van der Waals surface area contributed by atoms with Crippen LogP contribution in [-0.2, 0) is 26.0 Å². The van der Waals surface area contributed by atoms with Gasteiger partial charge in [0, 0.05) is 50.7 Å². The molecule has 3 aliphatic rings. The largest absolute Gasteiger partial charge is 0.342 e. The van der Waals surface area contributed by atoms with Gasteiger partial charge in [-0.3, -0.25) is 9.59 Å². The van der Waals surface area contributed by atoms with E-state index in [1.54, 1.807) is 23.1 Å². The zero-order chi connectivity index (χ0) is 22.3. The molecule has 4 rings (SSSR count). The van der Waals surface area contributed by atoms with Gasteiger partial charge in [0.05, 0.1) is 4.90 Å². The second-order valence-electron chi connectivity index (χ2n) is 9.44. The smallest absolute Gasteiger partial charge is 0.243 e. The van der Waals surface area contributed by atoms with Crippen LogP contribution in [0.15, 0.2) is 23.1 Å². The molecule has 0 N–H and O–H groups in total. The number of rotatable bonds is 3. The van der Waals surface area contributed by atoms with E-state index in [0.717, 1.165) is 30.8 Å². The van der Waals surface area contributed by atoms with Crippen LogP contribution in [0, 0.1) is 11.8 Å². The molecule has 7 nitrogen and oxygen atoms in total. The maximum absolute atomic E-state index is 13.3. The van der Waals surface area contributed by atoms with E-state index in [9.17, 15) is 18.0 Å². The first-order valence-corrected chi connectivity index (χ1v) is 12.8. The highest BCUT2D eigenvalue weighted by Crippen LogP contribution is 2.35. The number of carbonyl (C=O) groups excluding carboxylic acids is 2. The molecule has 2 atom stereocenters. The van der Waals surface area contributed by atoms with Crippen LogP contribution in [0.25, 0.3) is 0 Å². The Hall–Kier alpha value is -1.93. The third-order valence-electron chi connectivity index (χ3n) is 7.02. The van der Waals surface area contributed by atoms with Crippen molar-refractivity contribution in [3.63, 3.8) is 0 Å². The molecule has 170 valence electrons. The van der Waals surface area contributed by atoms with Crippen LogP contribution in [0.5, 0.6) is 0 Å². The fourth-order valence-corrected chi connectivity index (χ4v) is 6.91. The normalized spacial score (nSPS) is 25.5. The van der Waals surface area contributed by atoms with E-state index in [-0.39, 0.29) is 28.7 Å². The van der Waals surface area contributed by atoms with Crippen molar-refractivity contribution in [2.45, 2.75) is 63.8 Å². The molecule has 0 radical (unpaired) electrons. The summed E-state index contributed by atoms with van der Waals surface area (Å²) in [5.74, 6) is 0.623. The third-order valence-corrected chi connectivity index (χ3v) is 8.91. The Morgan fingerprint density at radius 1 is 1.03 bits per heavy atom. The average molecular weight is 448 g/mol. The topological polar surface area (TPSA) is 78.0 Å². The average Bonchev–Trinajstić information content (AvgIpc) is 3.08. The van der Waals surface area contributed by atoms with Crippen molar-refractivity contribution >= 4 is 27.5 Å². The summed E-state index contributed by atoms with van der Waals surface area (Å²) in [6.45, 7) is 8.08. The summed E-state index contributed by atoms with van der Waals surface area (Å²) in [6, 6.07) is 5.11. The van der Waals surface area contributed by atoms with Gasteiger partial charge in [0.25, 0.3) is 0 Å². The molecule has 1 aromatic carbocycles. The quantitative estimate of drug-likeness (QED) is 0.714. The van der Waals surface area contributed by atoms with Gasteiger partial charge < -0.3 is 9.80 Å². The SMILES string of the molecule is CC(=O)N1c2ccc(S(=O)(=O)N3CCC(C(=O)N4CCC[C@@H](C)C4)CC3)cc2C[C@@H]1C. The molecular weight excluding hydrogens is 414 g/mol. The van der Waals surface area contributed by atoms with Gasteiger partial charge in [0.15, 0.2) is 0 Å². The van der Waals surface area contributed by atoms with Crippen LogP contribution in [0.1, 0.15) is 52.0 Å². The Labute approximate surface area is 185 Å². The first-order chi connectivity index (χ1) is 14.7. The lowest BCUT2D eigenvalue weighted by Crippen LogP contribution is -2.46. The lowest BCUT2D eigenvalue weighted by molar-refractivity contribution is -0.138. The van der Waals surface area contributed by atoms with Crippen LogP contribution >= 0.6 is 0 Å². The van der Waals surface area contributed by atoms with Crippen molar-refractivity contribution in [3.8, 4) is 0 Å². The fraction of sp³-hybridized carbons (Fsp3) is 0.652. The molecule has 8 heteroatoms. The van der Waals surface area contributed by atoms with Crippen LogP contribution < -0.4 is 4.90 Å². The molecule has 1 aromatic rings. The Morgan fingerprint density at radius 3 is 2.39 bits per heavy atom. The highest BCUT2D eigenvalue weighted by molar-refractivity contribution is 7.89. The van der Waals surface area contributed by atoms with Crippen LogP contribution in [0.3, 0.4) is 0 Å². The minimum Gasteiger partial charge on any atom is -0.342 e. The van der Waals surface area contributed by atoms with Crippen LogP contribution in [0.4, 0.5) is 5.69 Å². The molecule has 2 saturated heterocycles. The summed E-state index contributed by atoms with van der Waals surface area (Å²) in [6.07, 6.45) is 4.03. The van der Waals surface area contributed by atoms with Crippen LogP contribution in [-0.4, -0.2) is 61.7 Å². The first-order valence-electron chi connectivity index (χ1n) is 11.4. The van der Waals surface area contributed by atoms with Crippen molar-refractivity contribution in [2.24, 2.45) is 11.8 Å². The molecule has 3 aliphatic heterocycles. The van der Waals surface area contributed by atoms with E-state index in [1.807, 2.05) is 11.8 Å². The summed E-state index contributed by atoms with van der Waals surface area (Å²) in [5, 5.41) is 0. The predicted octanol–water partition coefficient (Wildman–Crippen LogP) is 2.64. The summed E-state index contributed by atoms with van der Waals surface area (Å²) in [7, 11) is -3.62. The van der Waals surface area contributed by atoms with Crippen LogP contribution in [0.2, 0.25) is 0 Å². The molecule has 3 heterocycles. The maximum atomic E-state index is 13.3. The molecule has 0 aliphatic carbocycles. The highest BCUT2D eigenvalue weighted by atomic mass is 32.2. The van der Waals surface area contributed by atoms with Gasteiger partial charge in [0.2, 0.25) is 21.8 Å². The molecule has 0 spiro atoms. The number of nitrogens with zero attached hydrogens (tertiary/aromatic N) is 3. The van der Waals surface area contributed by atoms with E-state index in [0.29, 0.717) is 38.3 Å². The highest BCUT2D eigenvalue weighted by Gasteiger charge is 2.36. The van der Waals surface area contributed by atoms with Crippen molar-refractivity contribution < 1.29 is 18.0 Å². The number of likely N-dealkylation sites (tertiary alicyclic amines) is 1. The number of carbonyl (C=O) groups is 2. The zero-order valence-electron chi connectivity index (χ0n) is 18.7. The molecule has 2 fully saturated rings.